The van der Waals surface area contributed by atoms with E-state index in [-0.39, 0.29) is 17.6 Å². The fourth-order valence-electron chi connectivity index (χ4n) is 2.63. The number of nitrogens with zero attached hydrogens (tertiary/aromatic N) is 1. The Morgan fingerprint density at radius 1 is 1.27 bits per heavy atom. The van der Waals surface area contributed by atoms with Gasteiger partial charge in [0, 0.05) is 26.6 Å². The highest BCUT2D eigenvalue weighted by Crippen LogP contribution is 2.17. The Morgan fingerprint density at radius 2 is 2.00 bits per heavy atom. The van der Waals surface area contributed by atoms with Crippen molar-refractivity contribution in [3.8, 4) is 0 Å². The number of amides is 1. The molecule has 0 saturated carbocycles. The molecule has 1 saturated heterocycles. The molecular weight excluding hydrogens is 282 g/mol. The van der Waals surface area contributed by atoms with Crippen LogP contribution in [0.1, 0.15) is 48.0 Å². The van der Waals surface area contributed by atoms with E-state index in [0.29, 0.717) is 13.0 Å². The van der Waals surface area contributed by atoms with Gasteiger partial charge in [0.15, 0.2) is 0 Å². The monoisotopic (exact) mass is 305 g/mol. The molecule has 1 heterocycles. The first-order valence-electron chi connectivity index (χ1n) is 7.74. The third-order valence-corrected chi connectivity index (χ3v) is 4.00. The first kappa shape index (κ1) is 16.5. The average Bonchev–Trinajstić information content (AvgIpc) is 2.54. The Balaban J connectivity index is 1.78. The Bertz CT molecular complexity index is 506. The molecular formula is C17H23NO4. The lowest BCUT2D eigenvalue weighted by atomic mass is 10.0. The van der Waals surface area contributed by atoms with Crippen molar-refractivity contribution in [3.05, 3.63) is 35.4 Å². The highest BCUT2D eigenvalue weighted by atomic mass is 16.5. The van der Waals surface area contributed by atoms with Crippen molar-refractivity contribution in [1.29, 1.82) is 0 Å². The maximum atomic E-state index is 12.1. The molecule has 0 aromatic heterocycles. The molecule has 0 radical (unpaired) electrons. The van der Waals surface area contributed by atoms with Crippen LogP contribution in [0.4, 0.5) is 0 Å². The molecule has 1 aliphatic rings. The van der Waals surface area contributed by atoms with Gasteiger partial charge in [-0.05, 0) is 43.4 Å². The predicted octanol–water partition coefficient (Wildman–Crippen LogP) is 2.69. The van der Waals surface area contributed by atoms with Crippen LogP contribution in [0.5, 0.6) is 0 Å². The maximum absolute atomic E-state index is 12.1. The molecule has 1 fully saturated rings. The van der Waals surface area contributed by atoms with E-state index >= 15 is 0 Å². The lowest BCUT2D eigenvalue weighted by Gasteiger charge is -2.23. The summed E-state index contributed by atoms with van der Waals surface area (Å²) in [6.07, 6.45) is 4.85. The molecule has 1 amide bonds. The predicted molar refractivity (Wildman–Crippen MR) is 82.7 cm³/mol. The summed E-state index contributed by atoms with van der Waals surface area (Å²) in [7, 11) is 1.77. The Labute approximate surface area is 130 Å². The van der Waals surface area contributed by atoms with E-state index in [0.717, 1.165) is 31.4 Å². The zero-order chi connectivity index (χ0) is 15.9. The van der Waals surface area contributed by atoms with Gasteiger partial charge < -0.3 is 14.7 Å². The fraction of sp³-hybridized carbons (Fsp3) is 0.529. The van der Waals surface area contributed by atoms with Gasteiger partial charge >= 0.3 is 5.97 Å². The van der Waals surface area contributed by atoms with Crippen LogP contribution in [-0.4, -0.2) is 41.6 Å². The molecule has 0 bridgehead atoms. The molecule has 0 unspecified atom stereocenters. The van der Waals surface area contributed by atoms with E-state index in [1.807, 2.05) is 0 Å². The van der Waals surface area contributed by atoms with Crippen molar-refractivity contribution in [2.45, 2.75) is 44.8 Å². The van der Waals surface area contributed by atoms with Crippen LogP contribution in [0, 0.1) is 0 Å². The lowest BCUT2D eigenvalue weighted by molar-refractivity contribution is -0.131. The minimum absolute atomic E-state index is 0.0940. The summed E-state index contributed by atoms with van der Waals surface area (Å²) >= 11 is 0. The number of aromatic carboxylic acids is 1. The maximum Gasteiger partial charge on any atom is 0.335 e. The molecule has 22 heavy (non-hydrogen) atoms. The number of rotatable bonds is 6. The van der Waals surface area contributed by atoms with Gasteiger partial charge in [0.1, 0.15) is 0 Å². The Hall–Kier alpha value is -1.88. The number of carbonyl (C=O) groups is 2. The highest BCUT2D eigenvalue weighted by Gasteiger charge is 2.17. The van der Waals surface area contributed by atoms with Gasteiger partial charge in [-0.1, -0.05) is 12.1 Å². The minimum Gasteiger partial charge on any atom is -0.478 e. The topological polar surface area (TPSA) is 66.8 Å². The van der Waals surface area contributed by atoms with Gasteiger partial charge in [0.25, 0.3) is 0 Å². The van der Waals surface area contributed by atoms with Crippen LogP contribution in [0.2, 0.25) is 0 Å². The third kappa shape index (κ3) is 4.84. The second-order valence-electron chi connectivity index (χ2n) is 5.78. The number of hydrogen-bond donors (Lipinski definition) is 1. The van der Waals surface area contributed by atoms with Crippen molar-refractivity contribution in [3.63, 3.8) is 0 Å². The zero-order valence-corrected chi connectivity index (χ0v) is 13.0. The molecule has 1 aromatic rings. The van der Waals surface area contributed by atoms with E-state index < -0.39 is 5.97 Å². The zero-order valence-electron chi connectivity index (χ0n) is 13.0. The summed E-state index contributed by atoms with van der Waals surface area (Å²) in [6.45, 7) is 1.30. The molecule has 0 spiro atoms. The van der Waals surface area contributed by atoms with Gasteiger partial charge in [-0.3, -0.25) is 4.79 Å². The first-order chi connectivity index (χ1) is 10.6. The number of carboxylic acid groups (broad SMARTS) is 1. The molecule has 1 atom stereocenters. The van der Waals surface area contributed by atoms with Gasteiger partial charge in [-0.15, -0.1) is 0 Å². The quantitative estimate of drug-likeness (QED) is 0.877. The van der Waals surface area contributed by atoms with E-state index in [4.69, 9.17) is 9.84 Å². The van der Waals surface area contributed by atoms with Gasteiger partial charge in [0.2, 0.25) is 5.91 Å². The number of hydrogen-bond acceptors (Lipinski definition) is 3. The SMILES string of the molecule is CN(Cc1ccc(C(=O)O)cc1)C(=O)CC[C@@H]1CCCCO1. The van der Waals surface area contributed by atoms with Crippen molar-refractivity contribution in [1.82, 2.24) is 4.90 Å². The number of benzene rings is 1. The standard InChI is InChI=1S/C17H23NO4/c1-18(12-13-5-7-14(8-6-13)17(20)21)16(19)10-9-15-4-2-3-11-22-15/h5-8,15H,2-4,9-12H2,1H3,(H,20,21)/t15-/m0/s1. The fourth-order valence-corrected chi connectivity index (χ4v) is 2.63. The smallest absolute Gasteiger partial charge is 0.335 e. The number of ether oxygens (including phenoxy) is 1. The number of carboxylic acids is 1. The van der Waals surface area contributed by atoms with Crippen LogP contribution in [0.25, 0.3) is 0 Å². The van der Waals surface area contributed by atoms with Crippen molar-refractivity contribution in [2.24, 2.45) is 0 Å². The summed E-state index contributed by atoms with van der Waals surface area (Å²) in [5.74, 6) is -0.847. The Kier molecular flexibility index (Phi) is 5.95. The molecule has 1 N–H and O–H groups in total. The summed E-state index contributed by atoms with van der Waals surface area (Å²) < 4.78 is 5.64. The normalized spacial score (nSPS) is 18.0. The summed E-state index contributed by atoms with van der Waals surface area (Å²) in [5.41, 5.74) is 1.18. The molecule has 2 rings (SSSR count). The van der Waals surface area contributed by atoms with E-state index in [1.54, 1.807) is 36.2 Å². The van der Waals surface area contributed by atoms with Gasteiger partial charge in [0.05, 0.1) is 11.7 Å². The summed E-state index contributed by atoms with van der Waals surface area (Å²) in [4.78, 5) is 24.6. The third-order valence-electron chi connectivity index (χ3n) is 4.00. The van der Waals surface area contributed by atoms with Gasteiger partial charge in [-0.25, -0.2) is 4.79 Å². The molecule has 120 valence electrons. The van der Waals surface area contributed by atoms with Crippen LogP contribution >= 0.6 is 0 Å². The minimum atomic E-state index is -0.941. The molecule has 5 heteroatoms. The van der Waals surface area contributed by atoms with Crippen molar-refractivity contribution in [2.75, 3.05) is 13.7 Å². The van der Waals surface area contributed by atoms with Crippen LogP contribution in [-0.2, 0) is 16.1 Å². The largest absolute Gasteiger partial charge is 0.478 e. The van der Waals surface area contributed by atoms with E-state index in [1.165, 1.54) is 6.42 Å². The summed E-state index contributed by atoms with van der Waals surface area (Å²) in [5, 5.41) is 8.86. The summed E-state index contributed by atoms with van der Waals surface area (Å²) in [6, 6.07) is 6.62. The molecule has 1 aromatic carbocycles. The van der Waals surface area contributed by atoms with Crippen LogP contribution in [0.15, 0.2) is 24.3 Å². The molecule has 0 aliphatic carbocycles. The second-order valence-corrected chi connectivity index (χ2v) is 5.78. The first-order valence-corrected chi connectivity index (χ1v) is 7.74. The second kappa shape index (κ2) is 7.94. The Morgan fingerprint density at radius 3 is 2.59 bits per heavy atom. The highest BCUT2D eigenvalue weighted by molar-refractivity contribution is 5.87. The molecule has 5 nitrogen and oxygen atoms in total. The van der Waals surface area contributed by atoms with Crippen molar-refractivity contribution < 1.29 is 19.4 Å². The molecule has 1 aliphatic heterocycles. The number of carbonyl (C=O) groups excluding carboxylic acids is 1. The average molecular weight is 305 g/mol. The van der Waals surface area contributed by atoms with E-state index in [2.05, 4.69) is 0 Å². The van der Waals surface area contributed by atoms with Crippen LogP contribution in [0.3, 0.4) is 0 Å². The van der Waals surface area contributed by atoms with Gasteiger partial charge in [-0.2, -0.15) is 0 Å². The van der Waals surface area contributed by atoms with Crippen molar-refractivity contribution >= 4 is 11.9 Å². The van der Waals surface area contributed by atoms with E-state index in [9.17, 15) is 9.59 Å². The lowest BCUT2D eigenvalue weighted by Crippen LogP contribution is -2.28. The van der Waals surface area contributed by atoms with Crippen LogP contribution < -0.4 is 0 Å².